The summed E-state index contributed by atoms with van der Waals surface area (Å²) in [5, 5.41) is 17.4. The van der Waals surface area contributed by atoms with Gasteiger partial charge >= 0.3 is 5.97 Å². The van der Waals surface area contributed by atoms with E-state index in [9.17, 15) is 4.79 Å². The number of halogens is 1. The zero-order valence-corrected chi connectivity index (χ0v) is 10.1. The number of nitrogens with zero attached hydrogens (tertiary/aromatic N) is 3. The molecule has 3 heterocycles. The van der Waals surface area contributed by atoms with Crippen LogP contribution in [0.15, 0.2) is 16.5 Å². The van der Waals surface area contributed by atoms with Crippen LogP contribution in [0.1, 0.15) is 24.6 Å². The molecule has 0 spiro atoms. The monoisotopic (exact) mass is 267 g/mol. The number of carboxylic acid groups (broad SMARTS) is 1. The molecule has 1 atom stereocenters. The summed E-state index contributed by atoms with van der Waals surface area (Å²) >= 11 is 5.72. The minimum Gasteiger partial charge on any atom is -0.481 e. The summed E-state index contributed by atoms with van der Waals surface area (Å²) in [6.45, 7) is 0.694. The van der Waals surface area contributed by atoms with E-state index < -0.39 is 11.9 Å². The zero-order valence-electron chi connectivity index (χ0n) is 9.34. The molecule has 1 unspecified atom stereocenters. The molecule has 0 radical (unpaired) electrons. The van der Waals surface area contributed by atoms with Gasteiger partial charge in [-0.15, -0.1) is 10.2 Å². The van der Waals surface area contributed by atoms with Crippen molar-refractivity contribution >= 4 is 17.6 Å². The summed E-state index contributed by atoms with van der Waals surface area (Å²) < 4.78 is 7.07. The molecule has 7 heteroatoms. The number of carboxylic acids is 1. The highest BCUT2D eigenvalue weighted by molar-refractivity contribution is 6.28. The lowest BCUT2D eigenvalue weighted by atomic mass is 9.99. The SMILES string of the molecule is O=C(O)C1CCCn2c(-c3ccc(Cl)o3)nnc21. The Hall–Kier alpha value is -1.82. The van der Waals surface area contributed by atoms with Crippen LogP contribution >= 0.6 is 11.6 Å². The Morgan fingerprint density at radius 3 is 3.00 bits per heavy atom. The van der Waals surface area contributed by atoms with Crippen molar-refractivity contribution in [3.05, 3.63) is 23.2 Å². The van der Waals surface area contributed by atoms with E-state index >= 15 is 0 Å². The van der Waals surface area contributed by atoms with Crippen molar-refractivity contribution in [2.45, 2.75) is 25.3 Å². The smallest absolute Gasteiger partial charge is 0.314 e. The van der Waals surface area contributed by atoms with E-state index in [4.69, 9.17) is 21.1 Å². The number of aliphatic carboxylic acids is 1. The number of hydrogen-bond acceptors (Lipinski definition) is 4. The van der Waals surface area contributed by atoms with Gasteiger partial charge in [0.05, 0.1) is 0 Å². The lowest BCUT2D eigenvalue weighted by Gasteiger charge is -2.19. The molecule has 1 aliphatic rings. The van der Waals surface area contributed by atoms with Crippen LogP contribution in [-0.2, 0) is 11.3 Å². The predicted octanol–water partition coefficient (Wildman–Crippen LogP) is 2.15. The summed E-state index contributed by atoms with van der Waals surface area (Å²) in [7, 11) is 0. The van der Waals surface area contributed by atoms with Gasteiger partial charge in [0.1, 0.15) is 11.7 Å². The molecule has 3 rings (SSSR count). The van der Waals surface area contributed by atoms with Crippen molar-refractivity contribution in [2.75, 3.05) is 0 Å². The van der Waals surface area contributed by atoms with Crippen LogP contribution in [0.25, 0.3) is 11.6 Å². The summed E-state index contributed by atoms with van der Waals surface area (Å²) in [6, 6.07) is 3.32. The minimum absolute atomic E-state index is 0.271. The van der Waals surface area contributed by atoms with E-state index in [0.717, 1.165) is 6.42 Å². The minimum atomic E-state index is -0.868. The first-order valence-corrected chi connectivity index (χ1v) is 5.96. The fourth-order valence-electron chi connectivity index (χ4n) is 2.23. The molecule has 0 amide bonds. The molecule has 0 fully saturated rings. The summed E-state index contributed by atoms with van der Waals surface area (Å²) in [4.78, 5) is 11.1. The Labute approximate surface area is 107 Å². The Bertz CT molecular complexity index is 604. The normalized spacial score (nSPS) is 18.6. The first kappa shape index (κ1) is 11.3. The highest BCUT2D eigenvalue weighted by Crippen LogP contribution is 2.31. The molecule has 0 bridgehead atoms. The Morgan fingerprint density at radius 1 is 1.50 bits per heavy atom. The van der Waals surface area contributed by atoms with Gasteiger partial charge in [0, 0.05) is 6.54 Å². The van der Waals surface area contributed by atoms with Crippen LogP contribution in [0.4, 0.5) is 0 Å². The van der Waals surface area contributed by atoms with Crippen LogP contribution in [0.5, 0.6) is 0 Å². The van der Waals surface area contributed by atoms with Gasteiger partial charge in [-0.1, -0.05) is 0 Å². The molecule has 0 saturated heterocycles. The van der Waals surface area contributed by atoms with Gasteiger partial charge < -0.3 is 14.1 Å². The third kappa shape index (κ3) is 1.69. The van der Waals surface area contributed by atoms with Gasteiger partial charge in [-0.2, -0.15) is 0 Å². The van der Waals surface area contributed by atoms with E-state index in [-0.39, 0.29) is 5.22 Å². The molecular formula is C11H10ClN3O3. The molecule has 1 aliphatic heterocycles. The van der Waals surface area contributed by atoms with Gasteiger partial charge in [0.15, 0.2) is 16.8 Å². The van der Waals surface area contributed by atoms with E-state index in [1.54, 1.807) is 16.7 Å². The Morgan fingerprint density at radius 2 is 2.33 bits per heavy atom. The standard InChI is InChI=1S/C11H10ClN3O3/c12-8-4-3-7(18-8)10-14-13-9-6(11(16)17)2-1-5-15(9)10/h3-4,6H,1-2,5H2,(H,16,17). The highest BCUT2D eigenvalue weighted by Gasteiger charge is 2.31. The topological polar surface area (TPSA) is 81.1 Å². The zero-order chi connectivity index (χ0) is 12.7. The molecule has 2 aromatic rings. The lowest BCUT2D eigenvalue weighted by molar-refractivity contribution is -0.139. The first-order chi connectivity index (χ1) is 8.66. The van der Waals surface area contributed by atoms with E-state index in [1.165, 1.54) is 0 Å². The molecule has 0 aromatic carbocycles. The third-order valence-electron chi connectivity index (χ3n) is 3.06. The molecule has 94 valence electrons. The molecule has 0 saturated carbocycles. The molecular weight excluding hydrogens is 258 g/mol. The quantitative estimate of drug-likeness (QED) is 0.902. The third-order valence-corrected chi connectivity index (χ3v) is 3.26. The second kappa shape index (κ2) is 4.13. The molecule has 18 heavy (non-hydrogen) atoms. The average Bonchev–Trinajstić information content (AvgIpc) is 2.93. The van der Waals surface area contributed by atoms with Crippen molar-refractivity contribution < 1.29 is 14.3 Å². The summed E-state index contributed by atoms with van der Waals surface area (Å²) in [5.74, 6) is 0.0572. The second-order valence-corrected chi connectivity index (χ2v) is 4.54. The van der Waals surface area contributed by atoms with Gasteiger partial charge in [-0.25, -0.2) is 0 Å². The number of aromatic nitrogens is 3. The fraction of sp³-hybridized carbons (Fsp3) is 0.364. The van der Waals surface area contributed by atoms with Crippen molar-refractivity contribution in [1.29, 1.82) is 0 Å². The second-order valence-electron chi connectivity index (χ2n) is 4.17. The summed E-state index contributed by atoms with van der Waals surface area (Å²) in [5.41, 5.74) is 0. The largest absolute Gasteiger partial charge is 0.481 e. The van der Waals surface area contributed by atoms with Crippen molar-refractivity contribution in [1.82, 2.24) is 14.8 Å². The van der Waals surface area contributed by atoms with Crippen LogP contribution < -0.4 is 0 Å². The van der Waals surface area contributed by atoms with Crippen LogP contribution in [0.2, 0.25) is 5.22 Å². The van der Waals surface area contributed by atoms with E-state index in [2.05, 4.69) is 10.2 Å². The lowest BCUT2D eigenvalue weighted by Crippen LogP contribution is -2.22. The Kier molecular flexibility index (Phi) is 2.59. The average molecular weight is 268 g/mol. The first-order valence-electron chi connectivity index (χ1n) is 5.58. The number of fused-ring (bicyclic) bond motifs is 1. The highest BCUT2D eigenvalue weighted by atomic mass is 35.5. The van der Waals surface area contributed by atoms with Crippen LogP contribution in [-0.4, -0.2) is 25.8 Å². The maximum Gasteiger partial charge on any atom is 0.314 e. The number of furan rings is 1. The van der Waals surface area contributed by atoms with E-state index in [1.807, 2.05) is 0 Å². The fourth-order valence-corrected chi connectivity index (χ4v) is 2.37. The van der Waals surface area contributed by atoms with Crippen LogP contribution in [0.3, 0.4) is 0 Å². The van der Waals surface area contributed by atoms with Gasteiger partial charge in [-0.3, -0.25) is 4.79 Å². The van der Waals surface area contributed by atoms with Crippen molar-refractivity contribution in [3.63, 3.8) is 0 Å². The number of carbonyl (C=O) groups is 1. The summed E-state index contributed by atoms with van der Waals surface area (Å²) in [6.07, 6.45) is 1.37. The number of rotatable bonds is 2. The Balaban J connectivity index is 2.07. The van der Waals surface area contributed by atoms with Crippen molar-refractivity contribution in [3.8, 4) is 11.6 Å². The predicted molar refractivity (Wildman–Crippen MR) is 62.3 cm³/mol. The van der Waals surface area contributed by atoms with E-state index in [0.29, 0.717) is 30.4 Å². The maximum atomic E-state index is 11.1. The number of hydrogen-bond donors (Lipinski definition) is 1. The van der Waals surface area contributed by atoms with Gasteiger partial charge in [0.2, 0.25) is 0 Å². The molecule has 1 N–H and O–H groups in total. The molecule has 2 aromatic heterocycles. The van der Waals surface area contributed by atoms with Gasteiger partial charge in [-0.05, 0) is 36.6 Å². The molecule has 6 nitrogen and oxygen atoms in total. The maximum absolute atomic E-state index is 11.1. The van der Waals surface area contributed by atoms with Gasteiger partial charge in [0.25, 0.3) is 0 Å². The molecule has 0 aliphatic carbocycles. The van der Waals surface area contributed by atoms with Crippen LogP contribution in [0, 0.1) is 0 Å². The van der Waals surface area contributed by atoms with Crippen molar-refractivity contribution in [2.24, 2.45) is 0 Å².